The van der Waals surface area contributed by atoms with Gasteiger partial charge in [-0.25, -0.2) is 9.37 Å². The Morgan fingerprint density at radius 1 is 1.37 bits per heavy atom. The molecule has 1 aromatic heterocycles. The monoisotopic (exact) mass is 323 g/mol. The summed E-state index contributed by atoms with van der Waals surface area (Å²) in [6.07, 6.45) is 0. The molecule has 0 aliphatic rings. The topological polar surface area (TPSA) is 72.0 Å². The van der Waals surface area contributed by atoms with Crippen molar-refractivity contribution in [2.75, 3.05) is 0 Å². The molecule has 0 radical (unpaired) electrons. The molecular weight excluding hydrogens is 313 g/mol. The van der Waals surface area contributed by atoms with Gasteiger partial charge in [0.05, 0.1) is 5.56 Å². The van der Waals surface area contributed by atoms with Crippen molar-refractivity contribution >= 4 is 21.8 Å². The zero-order valence-electron chi connectivity index (χ0n) is 10.1. The van der Waals surface area contributed by atoms with Crippen molar-refractivity contribution in [1.29, 1.82) is 5.41 Å². The molecule has 0 atom stereocenters. The lowest BCUT2D eigenvalue weighted by atomic mass is 10.2. The number of nitrogens with zero attached hydrogens (tertiary/aromatic N) is 1. The molecule has 0 aliphatic carbocycles. The fourth-order valence-corrected chi connectivity index (χ4v) is 1.81. The summed E-state index contributed by atoms with van der Waals surface area (Å²) in [6, 6.07) is 7.76. The van der Waals surface area contributed by atoms with Gasteiger partial charge in [0.25, 0.3) is 0 Å². The van der Waals surface area contributed by atoms with E-state index in [-0.39, 0.29) is 17.5 Å². The van der Waals surface area contributed by atoms with Crippen molar-refractivity contribution in [1.82, 2.24) is 4.98 Å². The molecule has 1 heterocycles. The maximum Gasteiger partial charge on any atom is 0.230 e. The van der Waals surface area contributed by atoms with Crippen LogP contribution in [0.3, 0.4) is 0 Å². The molecule has 0 aliphatic heterocycles. The van der Waals surface area contributed by atoms with Crippen molar-refractivity contribution in [2.45, 2.75) is 6.92 Å². The largest absolute Gasteiger partial charge is 0.435 e. The maximum atomic E-state index is 13.7. The first-order chi connectivity index (χ1) is 8.97. The maximum absolute atomic E-state index is 13.7. The third-order valence-electron chi connectivity index (χ3n) is 2.39. The molecule has 0 amide bonds. The smallest absolute Gasteiger partial charge is 0.230 e. The Labute approximate surface area is 118 Å². The highest BCUT2D eigenvalue weighted by molar-refractivity contribution is 9.10. The Morgan fingerprint density at radius 2 is 2.11 bits per heavy atom. The van der Waals surface area contributed by atoms with Crippen molar-refractivity contribution in [3.05, 3.63) is 51.9 Å². The second kappa shape index (κ2) is 5.36. The Hall–Kier alpha value is -1.95. The molecule has 4 nitrogen and oxygen atoms in total. The molecule has 0 bridgehead atoms. The highest BCUT2D eigenvalue weighted by atomic mass is 79.9. The number of aryl methyl sites for hydroxylation is 1. The highest BCUT2D eigenvalue weighted by Gasteiger charge is 2.12. The van der Waals surface area contributed by atoms with E-state index in [0.29, 0.717) is 15.7 Å². The summed E-state index contributed by atoms with van der Waals surface area (Å²) < 4.78 is 19.7. The third kappa shape index (κ3) is 3.08. The van der Waals surface area contributed by atoms with Gasteiger partial charge in [0, 0.05) is 10.2 Å². The summed E-state index contributed by atoms with van der Waals surface area (Å²) in [5.41, 5.74) is 6.46. The number of hydrogen-bond donors (Lipinski definition) is 2. The van der Waals surface area contributed by atoms with Crippen molar-refractivity contribution in [3.63, 3.8) is 0 Å². The summed E-state index contributed by atoms with van der Waals surface area (Å²) in [5.74, 6) is -0.551. The number of ether oxygens (including phenoxy) is 1. The van der Waals surface area contributed by atoms with Crippen LogP contribution in [0.5, 0.6) is 11.6 Å². The van der Waals surface area contributed by atoms with Gasteiger partial charge >= 0.3 is 0 Å². The van der Waals surface area contributed by atoms with Gasteiger partial charge in [-0.15, -0.1) is 0 Å². The SMILES string of the molecule is Cc1ccc(C(=N)N)c(Oc2ccc(Br)cc2F)n1. The average molecular weight is 324 g/mol. The first-order valence-corrected chi connectivity index (χ1v) is 6.21. The standard InChI is InChI=1S/C13H11BrFN3O/c1-7-2-4-9(12(16)17)13(18-7)19-11-5-3-8(14)6-10(11)15/h2-6H,1H3,(H3,16,17). The number of pyridine rings is 1. The van der Waals surface area contributed by atoms with E-state index in [0.717, 1.165) is 0 Å². The quantitative estimate of drug-likeness (QED) is 0.672. The highest BCUT2D eigenvalue weighted by Crippen LogP contribution is 2.27. The van der Waals surface area contributed by atoms with Gasteiger partial charge in [0.2, 0.25) is 5.88 Å². The Bertz CT molecular complexity index is 646. The molecule has 98 valence electrons. The molecule has 0 fully saturated rings. The summed E-state index contributed by atoms with van der Waals surface area (Å²) in [7, 11) is 0. The molecule has 19 heavy (non-hydrogen) atoms. The van der Waals surface area contributed by atoms with E-state index < -0.39 is 5.82 Å². The molecule has 0 saturated carbocycles. The number of nitrogen functional groups attached to an aromatic ring is 1. The van der Waals surface area contributed by atoms with E-state index in [1.807, 2.05) is 0 Å². The van der Waals surface area contributed by atoms with Crippen LogP contribution in [0.15, 0.2) is 34.8 Å². The fraction of sp³-hybridized carbons (Fsp3) is 0.0769. The Kier molecular flexibility index (Phi) is 3.80. The minimum Gasteiger partial charge on any atom is -0.435 e. The normalized spacial score (nSPS) is 10.3. The van der Waals surface area contributed by atoms with Crippen LogP contribution in [-0.4, -0.2) is 10.8 Å². The third-order valence-corrected chi connectivity index (χ3v) is 2.88. The van der Waals surface area contributed by atoms with Crippen LogP contribution in [0.2, 0.25) is 0 Å². The van der Waals surface area contributed by atoms with Crippen molar-refractivity contribution in [2.24, 2.45) is 5.73 Å². The number of aromatic nitrogens is 1. The number of benzene rings is 1. The lowest BCUT2D eigenvalue weighted by molar-refractivity contribution is 0.425. The molecule has 2 rings (SSSR count). The fourth-order valence-electron chi connectivity index (χ4n) is 1.48. The van der Waals surface area contributed by atoms with Gasteiger partial charge in [0.15, 0.2) is 11.6 Å². The molecule has 1 aromatic carbocycles. The summed E-state index contributed by atoms with van der Waals surface area (Å²) in [5, 5.41) is 7.46. The number of rotatable bonds is 3. The summed E-state index contributed by atoms with van der Waals surface area (Å²) >= 11 is 3.17. The van der Waals surface area contributed by atoms with E-state index in [2.05, 4.69) is 20.9 Å². The average Bonchev–Trinajstić information content (AvgIpc) is 2.32. The minimum absolute atomic E-state index is 0.0313. The van der Waals surface area contributed by atoms with Crippen LogP contribution in [0, 0.1) is 18.2 Å². The van der Waals surface area contributed by atoms with Crippen LogP contribution in [0.4, 0.5) is 4.39 Å². The number of nitrogens with two attached hydrogens (primary N) is 1. The number of nitrogens with one attached hydrogen (secondary N) is 1. The second-order valence-corrected chi connectivity index (χ2v) is 4.81. The Balaban J connectivity index is 2.42. The Morgan fingerprint density at radius 3 is 2.74 bits per heavy atom. The van der Waals surface area contributed by atoms with Crippen LogP contribution < -0.4 is 10.5 Å². The predicted molar refractivity (Wildman–Crippen MR) is 74.2 cm³/mol. The molecule has 6 heteroatoms. The molecule has 2 aromatic rings. The van der Waals surface area contributed by atoms with Gasteiger partial charge in [-0.2, -0.15) is 0 Å². The number of amidine groups is 1. The van der Waals surface area contributed by atoms with Gasteiger partial charge in [-0.3, -0.25) is 5.41 Å². The van der Waals surface area contributed by atoms with E-state index >= 15 is 0 Å². The van der Waals surface area contributed by atoms with E-state index in [1.54, 1.807) is 25.1 Å². The molecule has 0 saturated heterocycles. The van der Waals surface area contributed by atoms with Gasteiger partial charge in [-0.1, -0.05) is 15.9 Å². The van der Waals surface area contributed by atoms with Crippen LogP contribution in [0.1, 0.15) is 11.3 Å². The summed E-state index contributed by atoms with van der Waals surface area (Å²) in [6.45, 7) is 1.77. The zero-order valence-corrected chi connectivity index (χ0v) is 11.7. The lowest BCUT2D eigenvalue weighted by Crippen LogP contribution is -2.13. The lowest BCUT2D eigenvalue weighted by Gasteiger charge is -2.10. The summed E-state index contributed by atoms with van der Waals surface area (Å²) in [4.78, 5) is 4.13. The zero-order chi connectivity index (χ0) is 14.0. The molecule has 0 spiro atoms. The minimum atomic E-state index is -0.521. The van der Waals surface area contributed by atoms with Crippen LogP contribution in [0.25, 0.3) is 0 Å². The van der Waals surface area contributed by atoms with Crippen LogP contribution >= 0.6 is 15.9 Å². The first-order valence-electron chi connectivity index (χ1n) is 5.42. The van der Waals surface area contributed by atoms with Gasteiger partial charge in [0.1, 0.15) is 5.84 Å². The van der Waals surface area contributed by atoms with Crippen LogP contribution in [-0.2, 0) is 0 Å². The van der Waals surface area contributed by atoms with Gasteiger partial charge in [-0.05, 0) is 37.3 Å². The molecule has 0 unspecified atom stereocenters. The first kappa shape index (κ1) is 13.5. The van der Waals surface area contributed by atoms with Gasteiger partial charge < -0.3 is 10.5 Å². The van der Waals surface area contributed by atoms with E-state index in [4.69, 9.17) is 15.9 Å². The number of halogens is 2. The van der Waals surface area contributed by atoms with Crippen molar-refractivity contribution < 1.29 is 9.13 Å². The predicted octanol–water partition coefficient (Wildman–Crippen LogP) is 3.37. The van der Waals surface area contributed by atoms with E-state index in [9.17, 15) is 4.39 Å². The second-order valence-electron chi connectivity index (χ2n) is 3.90. The molecule has 3 N–H and O–H groups in total. The van der Waals surface area contributed by atoms with Crippen molar-refractivity contribution in [3.8, 4) is 11.6 Å². The van der Waals surface area contributed by atoms with E-state index in [1.165, 1.54) is 12.1 Å². The molecular formula is C13H11BrFN3O. The number of hydrogen-bond acceptors (Lipinski definition) is 3.